The lowest BCUT2D eigenvalue weighted by Crippen LogP contribution is -2.29. The normalized spacial score (nSPS) is 12.6. The van der Waals surface area contributed by atoms with Gasteiger partial charge in [0.2, 0.25) is 10.0 Å². The van der Waals surface area contributed by atoms with Crippen molar-refractivity contribution in [2.45, 2.75) is 11.3 Å². The van der Waals surface area contributed by atoms with Crippen molar-refractivity contribution < 1.29 is 32.2 Å². The largest absolute Gasteiger partial charge is 0.497 e. The highest BCUT2D eigenvalue weighted by atomic mass is 32.2. The highest BCUT2D eigenvalue weighted by molar-refractivity contribution is 7.89. The van der Waals surface area contributed by atoms with Gasteiger partial charge in [0, 0.05) is 37.1 Å². The first-order valence-corrected chi connectivity index (χ1v) is 13.4. The lowest BCUT2D eigenvalue weighted by atomic mass is 10.1. The maximum atomic E-state index is 13.1. The van der Waals surface area contributed by atoms with E-state index < -0.39 is 15.9 Å². The van der Waals surface area contributed by atoms with Crippen LogP contribution in [-0.2, 0) is 26.0 Å². The molecule has 0 saturated carbocycles. The summed E-state index contributed by atoms with van der Waals surface area (Å²) in [6.07, 6.45) is 0.724. The Balaban J connectivity index is 1.34. The minimum atomic E-state index is -3.66. The molecule has 0 radical (unpaired) electrons. The first kappa shape index (κ1) is 27.1. The van der Waals surface area contributed by atoms with E-state index in [4.69, 9.17) is 14.2 Å². The Hall–Kier alpha value is -3.93. The number of carbonyl (C=O) groups is 2. The molecule has 0 aromatic heterocycles. The van der Waals surface area contributed by atoms with Crippen molar-refractivity contribution in [2.24, 2.45) is 0 Å². The van der Waals surface area contributed by atoms with Gasteiger partial charge in [-0.15, -0.1) is 0 Å². The lowest BCUT2D eigenvalue weighted by molar-refractivity contribution is -0.118. The van der Waals surface area contributed by atoms with E-state index in [1.807, 2.05) is 6.07 Å². The first-order chi connectivity index (χ1) is 18.3. The molecule has 0 unspecified atom stereocenters. The molecule has 0 aliphatic carbocycles. The molecule has 10 nitrogen and oxygen atoms in total. The van der Waals surface area contributed by atoms with Crippen LogP contribution in [0.5, 0.6) is 11.5 Å². The summed E-state index contributed by atoms with van der Waals surface area (Å²) in [7, 11) is -0.599. The summed E-state index contributed by atoms with van der Waals surface area (Å²) in [6, 6.07) is 18.2. The molecule has 1 aliphatic rings. The number of ether oxygens (including phenoxy) is 3. The number of methoxy groups -OCH3 is 2. The van der Waals surface area contributed by atoms with Crippen LogP contribution in [0.4, 0.5) is 11.4 Å². The van der Waals surface area contributed by atoms with Crippen LogP contribution in [0.25, 0.3) is 0 Å². The number of nitrogens with zero attached hydrogens (tertiary/aromatic N) is 1. The molecule has 1 aliphatic heterocycles. The Morgan fingerprint density at radius 2 is 1.66 bits per heavy atom. The van der Waals surface area contributed by atoms with Crippen molar-refractivity contribution in [1.29, 1.82) is 0 Å². The molecule has 3 aromatic rings. The third kappa shape index (κ3) is 6.49. The maximum absolute atomic E-state index is 13.1. The fourth-order valence-corrected chi connectivity index (χ4v) is 4.99. The summed E-state index contributed by atoms with van der Waals surface area (Å²) in [5, 5.41) is 2.78. The number of carbonyl (C=O) groups excluding carboxylic acids is 2. The average molecular weight is 540 g/mol. The lowest BCUT2D eigenvalue weighted by Gasteiger charge is -2.18. The van der Waals surface area contributed by atoms with E-state index in [0.29, 0.717) is 29.3 Å². The number of benzene rings is 3. The van der Waals surface area contributed by atoms with Crippen LogP contribution in [0.1, 0.15) is 15.9 Å². The Labute approximate surface area is 221 Å². The quantitative estimate of drug-likeness (QED) is 0.359. The van der Waals surface area contributed by atoms with Crippen LogP contribution in [0, 0.1) is 0 Å². The molecule has 0 fully saturated rings. The summed E-state index contributed by atoms with van der Waals surface area (Å²) in [4.78, 5) is 27.4. The second-order valence-corrected chi connectivity index (χ2v) is 10.2. The van der Waals surface area contributed by atoms with E-state index in [-0.39, 0.29) is 30.6 Å². The van der Waals surface area contributed by atoms with Crippen LogP contribution in [0.2, 0.25) is 0 Å². The fraction of sp³-hybridized carbons (Fsp3) is 0.259. The van der Waals surface area contributed by atoms with E-state index in [9.17, 15) is 18.0 Å². The SMILES string of the molecule is COCCNS(=O)(=O)c1ccc(OCC(=O)Nc2ccc3c(c2)N(C(=O)c2ccc(OC)cc2)CC3)cc1. The number of rotatable bonds is 11. The van der Waals surface area contributed by atoms with Crippen molar-refractivity contribution in [3.8, 4) is 11.5 Å². The van der Waals surface area contributed by atoms with Crippen molar-refractivity contribution in [1.82, 2.24) is 4.72 Å². The third-order valence-corrected chi connectivity index (χ3v) is 7.43. The van der Waals surface area contributed by atoms with Crippen LogP contribution in [-0.4, -0.2) is 60.8 Å². The van der Waals surface area contributed by atoms with Gasteiger partial charge in [0.15, 0.2) is 6.61 Å². The molecule has 3 aromatic carbocycles. The maximum Gasteiger partial charge on any atom is 0.262 e. The Bertz CT molecular complexity index is 1390. The van der Waals surface area contributed by atoms with Crippen molar-refractivity contribution in [3.63, 3.8) is 0 Å². The number of hydrogen-bond acceptors (Lipinski definition) is 7. The number of nitrogens with one attached hydrogen (secondary N) is 2. The summed E-state index contributed by atoms with van der Waals surface area (Å²) >= 11 is 0. The summed E-state index contributed by atoms with van der Waals surface area (Å²) in [6.45, 7) is 0.697. The second-order valence-electron chi connectivity index (χ2n) is 8.48. The van der Waals surface area contributed by atoms with E-state index in [2.05, 4.69) is 10.0 Å². The van der Waals surface area contributed by atoms with Gasteiger partial charge in [-0.05, 0) is 72.6 Å². The summed E-state index contributed by atoms with van der Waals surface area (Å²) in [5.41, 5.74) is 2.86. The van der Waals surface area contributed by atoms with Gasteiger partial charge in [0.05, 0.1) is 18.6 Å². The average Bonchev–Trinajstić information content (AvgIpc) is 3.35. The molecule has 0 atom stereocenters. The Kier molecular flexibility index (Phi) is 8.62. The number of hydrogen-bond donors (Lipinski definition) is 2. The number of amides is 2. The molecule has 38 heavy (non-hydrogen) atoms. The monoisotopic (exact) mass is 539 g/mol. The van der Waals surface area contributed by atoms with Crippen LogP contribution < -0.4 is 24.4 Å². The zero-order valence-corrected chi connectivity index (χ0v) is 21.9. The number of sulfonamides is 1. The predicted octanol–water partition coefficient (Wildman–Crippen LogP) is 2.84. The minimum absolute atomic E-state index is 0.0808. The minimum Gasteiger partial charge on any atom is -0.497 e. The van der Waals surface area contributed by atoms with Gasteiger partial charge in [0.1, 0.15) is 11.5 Å². The zero-order chi connectivity index (χ0) is 27.1. The highest BCUT2D eigenvalue weighted by Gasteiger charge is 2.26. The van der Waals surface area contributed by atoms with Gasteiger partial charge in [0.25, 0.3) is 11.8 Å². The molecule has 0 spiro atoms. The van der Waals surface area contributed by atoms with Gasteiger partial charge in [-0.2, -0.15) is 0 Å². The molecule has 2 amide bonds. The second kappa shape index (κ2) is 12.1. The smallest absolute Gasteiger partial charge is 0.262 e. The molecule has 200 valence electrons. The molecule has 0 saturated heterocycles. The molecule has 1 heterocycles. The summed E-state index contributed by atoms with van der Waals surface area (Å²) < 4.78 is 42.4. The van der Waals surface area contributed by atoms with Gasteiger partial charge in [-0.1, -0.05) is 6.07 Å². The van der Waals surface area contributed by atoms with Crippen molar-refractivity contribution >= 4 is 33.2 Å². The van der Waals surface area contributed by atoms with E-state index in [0.717, 1.165) is 17.7 Å². The molecule has 0 bridgehead atoms. The topological polar surface area (TPSA) is 123 Å². The van der Waals surface area contributed by atoms with Gasteiger partial charge in [-0.25, -0.2) is 13.1 Å². The Morgan fingerprint density at radius 3 is 2.34 bits per heavy atom. The van der Waals surface area contributed by atoms with Gasteiger partial charge >= 0.3 is 0 Å². The van der Waals surface area contributed by atoms with Crippen LogP contribution in [0.15, 0.2) is 71.6 Å². The number of anilines is 2. The molecule has 11 heteroatoms. The fourth-order valence-electron chi connectivity index (χ4n) is 3.98. The van der Waals surface area contributed by atoms with Crippen LogP contribution in [0.3, 0.4) is 0 Å². The third-order valence-electron chi connectivity index (χ3n) is 5.95. The van der Waals surface area contributed by atoms with Gasteiger partial charge in [-0.3, -0.25) is 9.59 Å². The number of fused-ring (bicyclic) bond motifs is 1. The predicted molar refractivity (Wildman–Crippen MR) is 142 cm³/mol. The van der Waals surface area contributed by atoms with E-state index in [1.165, 1.54) is 31.4 Å². The standard InChI is InChI=1S/C27H29N3O7S/c1-35-16-14-28-38(33,34)24-11-9-23(10-12-24)37-18-26(31)29-21-6-3-19-13-15-30(25(19)17-21)27(32)20-4-7-22(36-2)8-5-20/h3-12,17,28H,13-16,18H2,1-2H3,(H,29,31). The Morgan fingerprint density at radius 1 is 0.947 bits per heavy atom. The molecule has 4 rings (SSSR count). The summed E-state index contributed by atoms with van der Waals surface area (Å²) in [5.74, 6) is 0.499. The van der Waals surface area contributed by atoms with Crippen LogP contribution >= 0.6 is 0 Å². The zero-order valence-electron chi connectivity index (χ0n) is 21.1. The van der Waals surface area contributed by atoms with E-state index >= 15 is 0 Å². The molecular weight excluding hydrogens is 510 g/mol. The van der Waals surface area contributed by atoms with E-state index in [1.54, 1.807) is 48.4 Å². The van der Waals surface area contributed by atoms with Gasteiger partial charge < -0.3 is 24.4 Å². The first-order valence-electron chi connectivity index (χ1n) is 11.9. The van der Waals surface area contributed by atoms with Crippen molar-refractivity contribution in [3.05, 3.63) is 77.9 Å². The highest BCUT2D eigenvalue weighted by Crippen LogP contribution is 2.32. The molecular formula is C27H29N3O7S. The molecule has 2 N–H and O–H groups in total. The van der Waals surface area contributed by atoms with Crippen molar-refractivity contribution in [2.75, 3.05) is 50.7 Å².